The molecule has 0 aliphatic rings. The number of aromatic nitrogens is 2. The minimum atomic E-state index is -4.33. The average molecular weight is 336 g/mol. The first-order chi connectivity index (χ1) is 10.9. The third-order valence-corrected chi connectivity index (χ3v) is 4.11. The first kappa shape index (κ1) is 15.5. The third-order valence-electron chi connectivity index (χ3n) is 3.26. The second-order valence-electron chi connectivity index (χ2n) is 4.95. The van der Waals surface area contributed by atoms with E-state index in [1.165, 1.54) is 35.9 Å². The summed E-state index contributed by atoms with van der Waals surface area (Å²) in [6.07, 6.45) is -1.06. The maximum atomic E-state index is 12.5. The van der Waals surface area contributed by atoms with Crippen molar-refractivity contribution >= 4 is 11.3 Å². The summed E-state index contributed by atoms with van der Waals surface area (Å²) < 4.78 is 38.3. The highest BCUT2D eigenvalue weighted by Gasteiger charge is 2.29. The van der Waals surface area contributed by atoms with Gasteiger partial charge < -0.3 is 5.21 Å². The Labute approximate surface area is 134 Å². The summed E-state index contributed by atoms with van der Waals surface area (Å²) in [5, 5.41) is 13.9. The maximum Gasteiger partial charge on any atom is 0.416 e. The number of hydrogen-bond donors (Lipinski definition) is 0. The molecule has 0 aliphatic heterocycles. The highest BCUT2D eigenvalue weighted by molar-refractivity contribution is 7.10. The van der Waals surface area contributed by atoms with E-state index >= 15 is 0 Å². The van der Waals surface area contributed by atoms with Gasteiger partial charge in [0.05, 0.1) is 21.8 Å². The van der Waals surface area contributed by atoms with Crippen molar-refractivity contribution < 1.29 is 17.9 Å². The molecule has 118 valence electrons. The van der Waals surface area contributed by atoms with E-state index in [1.807, 2.05) is 5.38 Å². The Morgan fingerprint density at radius 2 is 1.87 bits per heavy atom. The summed E-state index contributed by atoms with van der Waals surface area (Å²) in [4.78, 5) is 4.43. The van der Waals surface area contributed by atoms with Gasteiger partial charge in [0.1, 0.15) is 0 Å². The lowest BCUT2D eigenvalue weighted by molar-refractivity contribution is -0.604. The van der Waals surface area contributed by atoms with Crippen LogP contribution in [0.1, 0.15) is 16.1 Å². The summed E-state index contributed by atoms with van der Waals surface area (Å²) in [5.41, 5.74) is 1.48. The van der Waals surface area contributed by atoms with Gasteiger partial charge >= 0.3 is 6.18 Å². The molecule has 2 heterocycles. The number of pyridine rings is 1. The fourth-order valence-electron chi connectivity index (χ4n) is 2.12. The Balaban J connectivity index is 1.77. The fourth-order valence-corrected chi connectivity index (χ4v) is 2.95. The summed E-state index contributed by atoms with van der Waals surface area (Å²) in [5.74, 6) is 0. The highest BCUT2D eigenvalue weighted by Crippen LogP contribution is 2.29. The SMILES string of the molecule is [O-][n+]1cccc(-c2csc(Cc3ccc(C(F)(F)F)cc3)n2)c1. The van der Waals surface area contributed by atoms with Crippen LogP contribution in [0.4, 0.5) is 13.2 Å². The lowest BCUT2D eigenvalue weighted by atomic mass is 10.1. The van der Waals surface area contributed by atoms with E-state index in [0.717, 1.165) is 22.7 Å². The van der Waals surface area contributed by atoms with Crippen LogP contribution in [0.5, 0.6) is 0 Å². The van der Waals surface area contributed by atoms with Crippen molar-refractivity contribution in [3.8, 4) is 11.3 Å². The van der Waals surface area contributed by atoms with Crippen LogP contribution in [0, 0.1) is 5.21 Å². The Morgan fingerprint density at radius 3 is 2.52 bits per heavy atom. The lowest BCUT2D eigenvalue weighted by Gasteiger charge is -2.06. The zero-order valence-electron chi connectivity index (χ0n) is 11.7. The normalized spacial score (nSPS) is 11.6. The van der Waals surface area contributed by atoms with E-state index in [-0.39, 0.29) is 0 Å². The van der Waals surface area contributed by atoms with E-state index in [9.17, 15) is 18.4 Å². The highest BCUT2D eigenvalue weighted by atomic mass is 32.1. The van der Waals surface area contributed by atoms with Crippen LogP contribution >= 0.6 is 11.3 Å². The quantitative estimate of drug-likeness (QED) is 0.535. The first-order valence-corrected chi connectivity index (χ1v) is 7.59. The van der Waals surface area contributed by atoms with E-state index in [1.54, 1.807) is 12.1 Å². The van der Waals surface area contributed by atoms with Crippen molar-refractivity contribution in [2.24, 2.45) is 0 Å². The van der Waals surface area contributed by atoms with Gasteiger partial charge in [-0.3, -0.25) is 0 Å². The van der Waals surface area contributed by atoms with Crippen LogP contribution < -0.4 is 4.73 Å². The predicted molar refractivity (Wildman–Crippen MR) is 80.8 cm³/mol. The summed E-state index contributed by atoms with van der Waals surface area (Å²) in [6.45, 7) is 0. The molecule has 1 aromatic carbocycles. The van der Waals surface area contributed by atoms with Crippen LogP contribution in [0.25, 0.3) is 11.3 Å². The molecular weight excluding hydrogens is 325 g/mol. The van der Waals surface area contributed by atoms with Crippen molar-refractivity contribution in [2.75, 3.05) is 0 Å². The largest absolute Gasteiger partial charge is 0.619 e. The number of halogens is 3. The monoisotopic (exact) mass is 336 g/mol. The molecule has 0 bridgehead atoms. The molecule has 0 amide bonds. The summed E-state index contributed by atoms with van der Waals surface area (Å²) in [7, 11) is 0. The van der Waals surface area contributed by atoms with Crippen LogP contribution in [-0.2, 0) is 12.6 Å². The third kappa shape index (κ3) is 3.68. The number of alkyl halides is 3. The molecule has 0 N–H and O–H groups in total. The predicted octanol–water partition coefficient (Wildman–Crippen LogP) is 4.05. The molecule has 0 spiro atoms. The molecular formula is C16H11F3N2OS. The standard InChI is InChI=1S/C16H11F3N2OS/c17-16(18,19)13-5-3-11(4-6-13)8-15-20-14(10-23-15)12-2-1-7-21(22)9-12/h1-7,9-10H,8H2. The van der Waals surface area contributed by atoms with Gasteiger partial charge in [-0.1, -0.05) is 12.1 Å². The molecule has 3 rings (SSSR count). The molecule has 0 radical (unpaired) electrons. The van der Waals surface area contributed by atoms with Crippen molar-refractivity contribution in [1.29, 1.82) is 0 Å². The van der Waals surface area contributed by atoms with Gasteiger partial charge in [-0.15, -0.1) is 11.3 Å². The Kier molecular flexibility index (Phi) is 4.04. The smallest absolute Gasteiger partial charge is 0.416 e. The van der Waals surface area contributed by atoms with Crippen LogP contribution in [0.15, 0.2) is 54.2 Å². The molecule has 3 nitrogen and oxygen atoms in total. The van der Waals surface area contributed by atoms with E-state index in [2.05, 4.69) is 4.98 Å². The maximum absolute atomic E-state index is 12.5. The van der Waals surface area contributed by atoms with Crippen LogP contribution in [0.3, 0.4) is 0 Å². The number of nitrogens with zero attached hydrogens (tertiary/aromatic N) is 2. The molecule has 0 fully saturated rings. The molecule has 0 atom stereocenters. The van der Waals surface area contributed by atoms with E-state index in [4.69, 9.17) is 0 Å². The topological polar surface area (TPSA) is 39.8 Å². The number of rotatable bonds is 3. The van der Waals surface area contributed by atoms with E-state index < -0.39 is 11.7 Å². The zero-order chi connectivity index (χ0) is 16.4. The van der Waals surface area contributed by atoms with Crippen LogP contribution in [-0.4, -0.2) is 4.98 Å². The molecule has 0 unspecified atom stereocenters. The van der Waals surface area contributed by atoms with Gasteiger partial charge in [-0.05, 0) is 23.8 Å². The minimum Gasteiger partial charge on any atom is -0.619 e. The van der Waals surface area contributed by atoms with Gasteiger partial charge in [0.15, 0.2) is 12.4 Å². The number of hydrogen-bond acceptors (Lipinski definition) is 3. The second-order valence-corrected chi connectivity index (χ2v) is 5.89. The molecule has 2 aromatic heterocycles. The number of benzene rings is 1. The Hall–Kier alpha value is -2.41. The molecule has 3 aromatic rings. The van der Waals surface area contributed by atoms with E-state index in [0.29, 0.717) is 22.4 Å². The molecule has 0 aliphatic carbocycles. The summed E-state index contributed by atoms with van der Waals surface area (Å²) >= 11 is 1.41. The van der Waals surface area contributed by atoms with Gasteiger partial charge in [0, 0.05) is 17.9 Å². The van der Waals surface area contributed by atoms with Gasteiger partial charge in [-0.25, -0.2) is 4.98 Å². The molecule has 0 saturated heterocycles. The van der Waals surface area contributed by atoms with Gasteiger partial charge in [0.2, 0.25) is 0 Å². The molecule has 7 heteroatoms. The summed E-state index contributed by atoms with van der Waals surface area (Å²) in [6, 6.07) is 8.47. The molecule has 0 saturated carbocycles. The Bertz CT molecular complexity index is 813. The van der Waals surface area contributed by atoms with Crippen molar-refractivity contribution in [3.05, 3.63) is 75.5 Å². The van der Waals surface area contributed by atoms with Crippen molar-refractivity contribution in [3.63, 3.8) is 0 Å². The minimum absolute atomic E-state index is 0.451. The zero-order valence-corrected chi connectivity index (χ0v) is 12.6. The lowest BCUT2D eigenvalue weighted by Crippen LogP contribution is -2.23. The molecule has 23 heavy (non-hydrogen) atoms. The van der Waals surface area contributed by atoms with Crippen LogP contribution in [0.2, 0.25) is 0 Å². The first-order valence-electron chi connectivity index (χ1n) is 6.71. The average Bonchev–Trinajstić information content (AvgIpc) is 2.95. The second kappa shape index (κ2) is 6.00. The van der Waals surface area contributed by atoms with Crippen molar-refractivity contribution in [1.82, 2.24) is 4.98 Å². The van der Waals surface area contributed by atoms with Crippen molar-refractivity contribution in [2.45, 2.75) is 12.6 Å². The van der Waals surface area contributed by atoms with Gasteiger partial charge in [-0.2, -0.15) is 17.9 Å². The Morgan fingerprint density at radius 1 is 1.13 bits per heavy atom. The van der Waals surface area contributed by atoms with Gasteiger partial charge in [0.25, 0.3) is 0 Å². The fraction of sp³-hybridized carbons (Fsp3) is 0.125. The number of thiazole rings is 1.